The number of rotatable bonds is 3. The molecule has 0 N–H and O–H groups in total. The second kappa shape index (κ2) is 5.24. The second-order valence-electron chi connectivity index (χ2n) is 7.38. The first-order chi connectivity index (χ1) is 9.06. The summed E-state index contributed by atoms with van der Waals surface area (Å²) in [5.41, 5.74) is 1.44. The Kier molecular flexibility index (Phi) is 4.25. The highest BCUT2D eigenvalue weighted by Gasteiger charge is 2.51. The van der Waals surface area contributed by atoms with Crippen molar-refractivity contribution in [3.63, 3.8) is 0 Å². The van der Waals surface area contributed by atoms with Crippen molar-refractivity contribution >= 4 is 7.82 Å². The molecule has 0 heterocycles. The molecule has 20 heavy (non-hydrogen) atoms. The average molecular weight is 300 g/mol. The van der Waals surface area contributed by atoms with Gasteiger partial charge in [0.15, 0.2) is 0 Å². The largest absolute Gasteiger partial charge is 0.790 e. The summed E-state index contributed by atoms with van der Waals surface area (Å²) in [7, 11) is -4.90. The van der Waals surface area contributed by atoms with Gasteiger partial charge in [-0.2, -0.15) is 0 Å². The first-order valence-electron chi connectivity index (χ1n) is 7.39. The normalized spacial score (nSPS) is 37.2. The molecule has 0 unspecified atom stereocenters. The van der Waals surface area contributed by atoms with E-state index < -0.39 is 7.82 Å². The number of hydrogen-bond donors (Lipinski definition) is 0. The molecule has 1 saturated carbocycles. The van der Waals surface area contributed by atoms with E-state index in [2.05, 4.69) is 31.4 Å². The summed E-state index contributed by atoms with van der Waals surface area (Å²) in [6.07, 6.45) is 6.67. The van der Waals surface area contributed by atoms with Gasteiger partial charge in [0.25, 0.3) is 0 Å². The van der Waals surface area contributed by atoms with E-state index in [1.807, 2.05) is 6.92 Å². The number of allylic oxidation sites excluding steroid dienone is 1. The van der Waals surface area contributed by atoms with E-state index in [1.54, 1.807) is 0 Å². The van der Waals surface area contributed by atoms with Crippen LogP contribution >= 0.6 is 7.82 Å². The molecule has 2 rings (SSSR count). The molecule has 0 bridgehead atoms. The summed E-state index contributed by atoms with van der Waals surface area (Å²) in [4.78, 5) is 21.6. The van der Waals surface area contributed by atoms with Gasteiger partial charge in [-0.3, -0.25) is 0 Å². The molecule has 116 valence electrons. The highest BCUT2D eigenvalue weighted by Crippen LogP contribution is 2.59. The quantitative estimate of drug-likeness (QED) is 0.593. The Morgan fingerprint density at radius 3 is 2.60 bits per heavy atom. The van der Waals surface area contributed by atoms with Gasteiger partial charge in [0.2, 0.25) is 0 Å². The molecule has 0 radical (unpaired) electrons. The van der Waals surface area contributed by atoms with Crippen LogP contribution in [-0.2, 0) is 9.09 Å². The lowest BCUT2D eigenvalue weighted by Crippen LogP contribution is -2.49. The molecule has 3 atom stereocenters. The van der Waals surface area contributed by atoms with Gasteiger partial charge in [-0.25, -0.2) is 0 Å². The van der Waals surface area contributed by atoms with Crippen LogP contribution in [0.5, 0.6) is 0 Å². The van der Waals surface area contributed by atoms with Crippen LogP contribution < -0.4 is 9.79 Å². The third kappa shape index (κ3) is 3.04. The van der Waals surface area contributed by atoms with Gasteiger partial charge in [0.1, 0.15) is 0 Å². The lowest BCUT2D eigenvalue weighted by atomic mass is 9.49. The van der Waals surface area contributed by atoms with Crippen molar-refractivity contribution in [3.05, 3.63) is 11.6 Å². The van der Waals surface area contributed by atoms with Crippen molar-refractivity contribution in [2.45, 2.75) is 53.4 Å². The SMILES string of the molecule is CC1=CC[C@H]2C(C)(C)CCC[C@]2(C)[C@H]1COP(=O)([O-])[O-]. The second-order valence-corrected chi connectivity index (χ2v) is 8.53. The van der Waals surface area contributed by atoms with Gasteiger partial charge >= 0.3 is 0 Å². The Balaban J connectivity index is 2.27. The Morgan fingerprint density at radius 2 is 2.00 bits per heavy atom. The summed E-state index contributed by atoms with van der Waals surface area (Å²) in [6, 6.07) is 0. The maximum atomic E-state index is 10.8. The van der Waals surface area contributed by atoms with Crippen LogP contribution in [0.15, 0.2) is 11.6 Å². The predicted octanol–water partition coefficient (Wildman–Crippen LogP) is 2.63. The van der Waals surface area contributed by atoms with Gasteiger partial charge in [0, 0.05) is 5.92 Å². The van der Waals surface area contributed by atoms with E-state index >= 15 is 0 Å². The topological polar surface area (TPSA) is 72.4 Å². The summed E-state index contributed by atoms with van der Waals surface area (Å²) >= 11 is 0. The van der Waals surface area contributed by atoms with Gasteiger partial charge in [-0.15, -0.1) is 0 Å². The van der Waals surface area contributed by atoms with Crippen LogP contribution in [0.4, 0.5) is 0 Å². The van der Waals surface area contributed by atoms with Crippen LogP contribution in [0.3, 0.4) is 0 Å². The Morgan fingerprint density at radius 1 is 1.35 bits per heavy atom. The van der Waals surface area contributed by atoms with Crippen molar-refractivity contribution in [2.75, 3.05) is 6.61 Å². The Hall–Kier alpha value is -0.150. The molecule has 0 aliphatic heterocycles. The molecular weight excluding hydrogens is 275 g/mol. The highest BCUT2D eigenvalue weighted by atomic mass is 31.2. The zero-order valence-electron chi connectivity index (χ0n) is 12.8. The van der Waals surface area contributed by atoms with E-state index in [9.17, 15) is 14.4 Å². The van der Waals surface area contributed by atoms with Crippen molar-refractivity contribution < 1.29 is 18.9 Å². The minimum absolute atomic E-state index is 0.00427. The zero-order valence-corrected chi connectivity index (χ0v) is 13.7. The molecular formula is C15H25O4P-2. The first kappa shape index (κ1) is 16.2. The van der Waals surface area contributed by atoms with E-state index in [1.165, 1.54) is 6.42 Å². The Bertz CT molecular complexity index is 451. The maximum absolute atomic E-state index is 10.8. The molecule has 0 aromatic heterocycles. The van der Waals surface area contributed by atoms with Gasteiger partial charge in [0.05, 0.1) is 14.4 Å². The standard InChI is InChI=1S/C15H27O4P/c1-11-6-7-13-14(2,3)8-5-9-15(13,4)12(11)10-19-20(16,17)18/h6,12-13H,5,7-10H2,1-4H3,(H2,16,17,18)/p-2/t12-,13-,15+/m0/s1. The molecule has 0 amide bonds. The summed E-state index contributed by atoms with van der Waals surface area (Å²) in [5, 5.41) is 0. The monoisotopic (exact) mass is 300 g/mol. The molecule has 0 spiro atoms. The van der Waals surface area contributed by atoms with E-state index in [0.717, 1.165) is 24.8 Å². The predicted molar refractivity (Wildman–Crippen MR) is 74.7 cm³/mol. The fourth-order valence-electron chi connectivity index (χ4n) is 4.63. The van der Waals surface area contributed by atoms with Crippen LogP contribution in [0.2, 0.25) is 0 Å². The molecule has 2 aliphatic carbocycles. The summed E-state index contributed by atoms with van der Waals surface area (Å²) in [6.45, 7) is 8.86. The van der Waals surface area contributed by atoms with Crippen molar-refractivity contribution in [1.82, 2.24) is 0 Å². The van der Waals surface area contributed by atoms with E-state index in [4.69, 9.17) is 0 Å². The maximum Gasteiger partial charge on any atom is 0.0596 e. The number of hydrogen-bond acceptors (Lipinski definition) is 4. The van der Waals surface area contributed by atoms with Crippen LogP contribution in [0.25, 0.3) is 0 Å². The third-order valence-corrected chi connectivity index (χ3v) is 6.16. The lowest BCUT2D eigenvalue weighted by Gasteiger charge is -2.57. The van der Waals surface area contributed by atoms with Crippen molar-refractivity contribution in [2.24, 2.45) is 22.7 Å². The van der Waals surface area contributed by atoms with E-state index in [0.29, 0.717) is 5.92 Å². The average Bonchev–Trinajstić information content (AvgIpc) is 2.24. The molecule has 1 fully saturated rings. The highest BCUT2D eigenvalue weighted by molar-refractivity contribution is 7.43. The Labute approximate surface area is 121 Å². The number of phosphoric ester groups is 1. The minimum atomic E-state index is -4.90. The first-order valence-corrected chi connectivity index (χ1v) is 8.85. The van der Waals surface area contributed by atoms with Crippen LogP contribution in [0.1, 0.15) is 53.4 Å². The summed E-state index contributed by atoms with van der Waals surface area (Å²) < 4.78 is 15.4. The molecule has 0 saturated heterocycles. The number of fused-ring (bicyclic) bond motifs is 1. The van der Waals surface area contributed by atoms with E-state index in [-0.39, 0.29) is 23.4 Å². The molecule has 0 aromatic carbocycles. The van der Waals surface area contributed by atoms with Crippen LogP contribution in [0, 0.1) is 22.7 Å². The molecule has 2 aliphatic rings. The smallest absolute Gasteiger partial charge is 0.0596 e. The summed E-state index contributed by atoms with van der Waals surface area (Å²) in [5.74, 6) is 0.538. The van der Waals surface area contributed by atoms with Crippen molar-refractivity contribution in [3.8, 4) is 0 Å². The number of phosphoric acid groups is 1. The molecule has 0 aromatic rings. The molecule has 5 heteroatoms. The lowest BCUT2D eigenvalue weighted by molar-refractivity contribution is -0.342. The van der Waals surface area contributed by atoms with Gasteiger partial charge < -0.3 is 18.9 Å². The fourth-order valence-corrected chi connectivity index (χ4v) is 4.96. The fraction of sp³-hybridized carbons (Fsp3) is 0.867. The van der Waals surface area contributed by atoms with Crippen LogP contribution in [-0.4, -0.2) is 6.61 Å². The minimum Gasteiger partial charge on any atom is -0.790 e. The van der Waals surface area contributed by atoms with Gasteiger partial charge in [-0.1, -0.05) is 38.8 Å². The zero-order chi connectivity index (χ0) is 15.2. The molecule has 4 nitrogen and oxygen atoms in total. The third-order valence-electron chi connectivity index (χ3n) is 5.70. The van der Waals surface area contributed by atoms with Crippen molar-refractivity contribution in [1.29, 1.82) is 0 Å². The van der Waals surface area contributed by atoms with Gasteiger partial charge in [-0.05, 0) is 42.9 Å².